The first-order chi connectivity index (χ1) is 11.9. The second-order valence-electron chi connectivity index (χ2n) is 6.13. The number of fused-ring (bicyclic) bond motifs is 1. The minimum absolute atomic E-state index is 0.254. The maximum absolute atomic E-state index is 12.7. The first-order valence-corrected chi connectivity index (χ1v) is 9.54. The molecule has 0 aliphatic carbocycles. The van der Waals surface area contributed by atoms with Crippen LogP contribution in [-0.2, 0) is 10.0 Å². The van der Waals surface area contributed by atoms with E-state index in [1.807, 2.05) is 56.3 Å². The summed E-state index contributed by atoms with van der Waals surface area (Å²) in [5, 5.41) is 1.79. The zero-order valence-corrected chi connectivity index (χ0v) is 15.3. The average Bonchev–Trinajstić information content (AvgIpc) is 2.60. The van der Waals surface area contributed by atoms with Gasteiger partial charge in [-0.05, 0) is 54.4 Å². The second kappa shape index (κ2) is 6.86. The van der Waals surface area contributed by atoms with E-state index in [1.54, 1.807) is 25.3 Å². The van der Waals surface area contributed by atoms with Gasteiger partial charge in [0.05, 0.1) is 12.0 Å². The quantitative estimate of drug-likeness (QED) is 0.746. The molecule has 0 aliphatic rings. The largest absolute Gasteiger partial charge is 0.497 e. The number of methoxy groups -OCH3 is 1. The summed E-state index contributed by atoms with van der Waals surface area (Å²) in [5.74, 6) is 0.745. The van der Waals surface area contributed by atoms with Crippen molar-refractivity contribution in [2.75, 3.05) is 7.11 Å². The Labute approximate surface area is 148 Å². The van der Waals surface area contributed by atoms with Crippen molar-refractivity contribution in [2.24, 2.45) is 0 Å². The molecule has 0 heterocycles. The van der Waals surface area contributed by atoms with Crippen molar-refractivity contribution in [1.82, 2.24) is 4.72 Å². The summed E-state index contributed by atoms with van der Waals surface area (Å²) in [5.41, 5.74) is 2.07. The first-order valence-electron chi connectivity index (χ1n) is 8.06. The Bertz CT molecular complexity index is 995. The van der Waals surface area contributed by atoms with Crippen LogP contribution in [0.25, 0.3) is 10.8 Å². The van der Waals surface area contributed by atoms with Crippen LogP contribution in [0.3, 0.4) is 0 Å². The van der Waals surface area contributed by atoms with E-state index in [0.717, 1.165) is 27.6 Å². The molecular weight excluding hydrogens is 334 g/mol. The zero-order valence-electron chi connectivity index (χ0n) is 14.5. The van der Waals surface area contributed by atoms with Crippen molar-refractivity contribution in [2.45, 2.75) is 24.8 Å². The third kappa shape index (κ3) is 3.83. The fraction of sp³-hybridized carbons (Fsp3) is 0.200. The van der Waals surface area contributed by atoms with E-state index in [2.05, 4.69) is 4.72 Å². The number of hydrogen-bond donors (Lipinski definition) is 1. The molecule has 3 rings (SSSR count). The third-order valence-electron chi connectivity index (χ3n) is 4.24. The molecule has 5 heteroatoms. The van der Waals surface area contributed by atoms with Gasteiger partial charge in [-0.15, -0.1) is 0 Å². The highest BCUT2D eigenvalue weighted by Gasteiger charge is 2.18. The number of hydrogen-bond acceptors (Lipinski definition) is 3. The number of nitrogens with one attached hydrogen (secondary N) is 1. The zero-order chi connectivity index (χ0) is 18.0. The van der Waals surface area contributed by atoms with Crippen molar-refractivity contribution in [3.8, 4) is 5.75 Å². The molecule has 130 valence electrons. The molecule has 25 heavy (non-hydrogen) atoms. The summed E-state index contributed by atoms with van der Waals surface area (Å²) in [6.07, 6.45) is 0. The van der Waals surface area contributed by atoms with Crippen LogP contribution >= 0.6 is 0 Å². The minimum atomic E-state index is -3.61. The third-order valence-corrected chi connectivity index (χ3v) is 5.78. The second-order valence-corrected chi connectivity index (χ2v) is 7.84. The smallest absolute Gasteiger partial charge is 0.241 e. The molecule has 0 saturated heterocycles. The van der Waals surface area contributed by atoms with E-state index >= 15 is 0 Å². The highest BCUT2D eigenvalue weighted by atomic mass is 32.2. The Morgan fingerprint density at radius 2 is 1.56 bits per heavy atom. The molecule has 0 fully saturated rings. The molecule has 0 spiro atoms. The van der Waals surface area contributed by atoms with Crippen LogP contribution in [0, 0.1) is 6.92 Å². The fourth-order valence-electron chi connectivity index (χ4n) is 2.72. The molecule has 1 unspecified atom stereocenters. The SMILES string of the molecule is COc1ccc2cc(S(=O)(=O)NC(C)c3ccc(C)cc3)ccc2c1. The van der Waals surface area contributed by atoms with Crippen molar-refractivity contribution in [1.29, 1.82) is 0 Å². The lowest BCUT2D eigenvalue weighted by Gasteiger charge is -2.15. The van der Waals surface area contributed by atoms with Crippen molar-refractivity contribution >= 4 is 20.8 Å². The molecule has 4 nitrogen and oxygen atoms in total. The molecule has 0 saturated carbocycles. The Balaban J connectivity index is 1.88. The lowest BCUT2D eigenvalue weighted by molar-refractivity contribution is 0.415. The van der Waals surface area contributed by atoms with Gasteiger partial charge in [0.1, 0.15) is 5.75 Å². The average molecular weight is 355 g/mol. The van der Waals surface area contributed by atoms with Crippen LogP contribution in [0.4, 0.5) is 0 Å². The molecule has 3 aromatic carbocycles. The van der Waals surface area contributed by atoms with Crippen molar-refractivity contribution in [3.05, 3.63) is 71.8 Å². The summed E-state index contributed by atoms with van der Waals surface area (Å²) in [6.45, 7) is 3.84. The minimum Gasteiger partial charge on any atom is -0.497 e. The Morgan fingerprint density at radius 1 is 0.920 bits per heavy atom. The van der Waals surface area contributed by atoms with E-state index in [1.165, 1.54) is 0 Å². The number of sulfonamides is 1. The van der Waals surface area contributed by atoms with Gasteiger partial charge in [0, 0.05) is 6.04 Å². The van der Waals surface area contributed by atoms with Gasteiger partial charge in [0.15, 0.2) is 0 Å². The van der Waals surface area contributed by atoms with E-state index in [0.29, 0.717) is 0 Å². The van der Waals surface area contributed by atoms with Gasteiger partial charge in [0.25, 0.3) is 0 Å². The van der Waals surface area contributed by atoms with Gasteiger partial charge < -0.3 is 4.74 Å². The van der Waals surface area contributed by atoms with Crippen LogP contribution in [0.2, 0.25) is 0 Å². The summed E-state index contributed by atoms with van der Waals surface area (Å²) < 4.78 is 33.4. The lowest BCUT2D eigenvalue weighted by Crippen LogP contribution is -2.26. The first kappa shape index (κ1) is 17.5. The molecule has 0 aromatic heterocycles. The normalized spacial score (nSPS) is 12.9. The Morgan fingerprint density at radius 3 is 2.24 bits per heavy atom. The molecule has 0 amide bonds. The molecular formula is C20H21NO3S. The van der Waals surface area contributed by atoms with Crippen LogP contribution in [0.5, 0.6) is 5.75 Å². The van der Waals surface area contributed by atoms with Crippen molar-refractivity contribution in [3.63, 3.8) is 0 Å². The van der Waals surface area contributed by atoms with Gasteiger partial charge >= 0.3 is 0 Å². The van der Waals surface area contributed by atoms with Gasteiger partial charge in [-0.25, -0.2) is 13.1 Å². The maximum atomic E-state index is 12.7. The standard InChI is InChI=1S/C20H21NO3S/c1-14-4-6-16(7-5-14)15(2)21-25(22,23)20-11-9-17-12-19(24-3)10-8-18(17)13-20/h4-13,15,21H,1-3H3. The molecule has 1 N–H and O–H groups in total. The predicted molar refractivity (Wildman–Crippen MR) is 100 cm³/mol. The van der Waals surface area contributed by atoms with E-state index in [-0.39, 0.29) is 10.9 Å². The molecule has 1 atom stereocenters. The predicted octanol–water partition coefficient (Wildman–Crippen LogP) is 4.20. The van der Waals surface area contributed by atoms with E-state index in [4.69, 9.17) is 4.74 Å². The molecule has 0 radical (unpaired) electrons. The van der Waals surface area contributed by atoms with Crippen molar-refractivity contribution < 1.29 is 13.2 Å². The van der Waals surface area contributed by atoms with Crippen LogP contribution in [0.1, 0.15) is 24.1 Å². The summed E-state index contributed by atoms with van der Waals surface area (Å²) in [6, 6.07) is 18.2. The Hall–Kier alpha value is -2.37. The van der Waals surface area contributed by atoms with Crippen LogP contribution in [0.15, 0.2) is 65.6 Å². The Kier molecular flexibility index (Phi) is 4.79. The number of ether oxygens (including phenoxy) is 1. The molecule has 0 bridgehead atoms. The topological polar surface area (TPSA) is 55.4 Å². The molecule has 3 aromatic rings. The van der Waals surface area contributed by atoms with Gasteiger partial charge in [-0.1, -0.05) is 42.0 Å². The highest BCUT2D eigenvalue weighted by Crippen LogP contribution is 2.24. The van der Waals surface area contributed by atoms with Gasteiger partial charge in [-0.3, -0.25) is 0 Å². The molecule has 0 aliphatic heterocycles. The van der Waals surface area contributed by atoms with Gasteiger partial charge in [0.2, 0.25) is 10.0 Å². The van der Waals surface area contributed by atoms with E-state index < -0.39 is 10.0 Å². The number of benzene rings is 3. The van der Waals surface area contributed by atoms with Gasteiger partial charge in [-0.2, -0.15) is 0 Å². The van der Waals surface area contributed by atoms with Crippen LogP contribution in [-0.4, -0.2) is 15.5 Å². The summed E-state index contributed by atoms with van der Waals surface area (Å²) in [7, 11) is -2.00. The fourth-order valence-corrected chi connectivity index (χ4v) is 3.99. The van der Waals surface area contributed by atoms with Crippen LogP contribution < -0.4 is 9.46 Å². The monoisotopic (exact) mass is 355 g/mol. The summed E-state index contributed by atoms with van der Waals surface area (Å²) in [4.78, 5) is 0.254. The number of rotatable bonds is 5. The summed E-state index contributed by atoms with van der Waals surface area (Å²) >= 11 is 0. The highest BCUT2D eigenvalue weighted by molar-refractivity contribution is 7.89. The number of aryl methyl sites for hydroxylation is 1. The van der Waals surface area contributed by atoms with E-state index in [9.17, 15) is 8.42 Å². The lowest BCUT2D eigenvalue weighted by atomic mass is 10.1. The maximum Gasteiger partial charge on any atom is 0.241 e.